The smallest absolute Gasteiger partial charge is 0.257 e. The van der Waals surface area contributed by atoms with E-state index in [9.17, 15) is 14.4 Å². The van der Waals surface area contributed by atoms with Crippen LogP contribution in [-0.2, 0) is 16.1 Å². The Hall–Kier alpha value is -4.04. The van der Waals surface area contributed by atoms with E-state index in [1.807, 2.05) is 6.92 Å². The molecule has 184 valence electrons. The summed E-state index contributed by atoms with van der Waals surface area (Å²) in [5.41, 5.74) is 1.53. The maximum absolute atomic E-state index is 13.6. The summed E-state index contributed by atoms with van der Waals surface area (Å²) in [5, 5.41) is 0.489. The second-order valence-electron chi connectivity index (χ2n) is 8.34. The number of carbonyl (C=O) groups is 3. The van der Waals surface area contributed by atoms with Crippen LogP contribution >= 0.6 is 11.6 Å². The third-order valence-electron chi connectivity index (χ3n) is 6.05. The predicted molar refractivity (Wildman–Crippen MR) is 132 cm³/mol. The van der Waals surface area contributed by atoms with E-state index < -0.39 is 11.9 Å². The summed E-state index contributed by atoms with van der Waals surface area (Å²) >= 11 is 6.00. The molecule has 3 aromatic carbocycles. The van der Waals surface area contributed by atoms with E-state index in [1.54, 1.807) is 66.7 Å². The van der Waals surface area contributed by atoms with E-state index in [1.165, 1.54) is 4.90 Å². The van der Waals surface area contributed by atoms with Gasteiger partial charge in [0.25, 0.3) is 11.8 Å². The Kier molecular flexibility index (Phi) is 6.52. The van der Waals surface area contributed by atoms with Gasteiger partial charge in [0.1, 0.15) is 11.8 Å². The van der Waals surface area contributed by atoms with Gasteiger partial charge in [-0.05, 0) is 73.2 Å². The van der Waals surface area contributed by atoms with E-state index in [0.29, 0.717) is 40.1 Å². The van der Waals surface area contributed by atoms with E-state index in [0.717, 1.165) is 10.5 Å². The highest BCUT2D eigenvalue weighted by Crippen LogP contribution is 2.34. The number of hydrogen-bond acceptors (Lipinski definition) is 6. The fourth-order valence-electron chi connectivity index (χ4n) is 4.31. The van der Waals surface area contributed by atoms with Crippen molar-refractivity contribution in [3.05, 3.63) is 82.9 Å². The fraction of sp³-hybridized carbons (Fsp3) is 0.222. The molecule has 3 amide bonds. The number of halogens is 1. The van der Waals surface area contributed by atoms with Crippen molar-refractivity contribution in [2.75, 3.05) is 18.3 Å². The molecule has 0 N–H and O–H groups in total. The Bertz CT molecular complexity index is 1310. The van der Waals surface area contributed by atoms with Gasteiger partial charge in [0.2, 0.25) is 12.7 Å². The minimum absolute atomic E-state index is 0.0961. The van der Waals surface area contributed by atoms with E-state index >= 15 is 0 Å². The molecule has 2 aliphatic rings. The maximum atomic E-state index is 13.6. The van der Waals surface area contributed by atoms with Crippen molar-refractivity contribution in [3.63, 3.8) is 0 Å². The summed E-state index contributed by atoms with van der Waals surface area (Å²) in [4.78, 5) is 42.7. The lowest BCUT2D eigenvalue weighted by atomic mass is 10.1. The Labute approximate surface area is 212 Å². The average Bonchev–Trinajstić information content (AvgIpc) is 3.46. The third-order valence-corrected chi connectivity index (χ3v) is 6.30. The molecular weight excluding hydrogens is 484 g/mol. The molecule has 8 nitrogen and oxygen atoms in total. The van der Waals surface area contributed by atoms with Crippen molar-refractivity contribution in [2.24, 2.45) is 0 Å². The highest BCUT2D eigenvalue weighted by Gasteiger charge is 2.44. The summed E-state index contributed by atoms with van der Waals surface area (Å²) < 4.78 is 16.3. The maximum Gasteiger partial charge on any atom is 0.257 e. The van der Waals surface area contributed by atoms with Crippen molar-refractivity contribution in [1.82, 2.24) is 4.90 Å². The van der Waals surface area contributed by atoms with Gasteiger partial charge in [-0.3, -0.25) is 14.4 Å². The highest BCUT2D eigenvalue weighted by molar-refractivity contribution is 6.30. The lowest BCUT2D eigenvalue weighted by molar-refractivity contribution is -0.122. The van der Waals surface area contributed by atoms with Crippen LogP contribution in [0.1, 0.15) is 29.3 Å². The van der Waals surface area contributed by atoms with Gasteiger partial charge in [0.15, 0.2) is 11.5 Å². The van der Waals surface area contributed by atoms with Crippen LogP contribution in [0.15, 0.2) is 66.7 Å². The number of nitrogens with zero attached hydrogens (tertiary/aromatic N) is 2. The average molecular weight is 507 g/mol. The first kappa shape index (κ1) is 23.7. The number of benzene rings is 3. The van der Waals surface area contributed by atoms with Crippen LogP contribution < -0.4 is 19.1 Å². The monoisotopic (exact) mass is 506 g/mol. The molecule has 0 aromatic heterocycles. The topological polar surface area (TPSA) is 85.4 Å². The standard InChI is InChI=1S/C27H23ClN2O6/c1-2-34-21-10-8-20(9-11-21)30-25(31)14-22(27(30)33)29(26(32)18-4-6-19(28)7-5-18)15-17-3-12-23-24(13-17)36-16-35-23/h3-13,22H,2,14-16H2,1H3/t22-/m1/s1. The number of ether oxygens (including phenoxy) is 3. The number of carbonyl (C=O) groups excluding carboxylic acids is 3. The minimum atomic E-state index is -0.974. The van der Waals surface area contributed by atoms with Gasteiger partial charge in [-0.25, -0.2) is 4.90 Å². The van der Waals surface area contributed by atoms with E-state index in [4.69, 9.17) is 25.8 Å². The molecule has 0 saturated carbocycles. The largest absolute Gasteiger partial charge is 0.494 e. The van der Waals surface area contributed by atoms with Crippen molar-refractivity contribution < 1.29 is 28.6 Å². The van der Waals surface area contributed by atoms with Gasteiger partial charge >= 0.3 is 0 Å². The van der Waals surface area contributed by atoms with Crippen LogP contribution in [0.25, 0.3) is 0 Å². The van der Waals surface area contributed by atoms with Crippen LogP contribution in [0.4, 0.5) is 5.69 Å². The number of amides is 3. The summed E-state index contributed by atoms with van der Waals surface area (Å²) in [6.07, 6.45) is -0.129. The molecule has 1 fully saturated rings. The normalized spacial score (nSPS) is 16.4. The van der Waals surface area contributed by atoms with Crippen LogP contribution in [0.3, 0.4) is 0 Å². The number of anilines is 1. The predicted octanol–water partition coefficient (Wildman–Crippen LogP) is 4.44. The van der Waals surface area contributed by atoms with Gasteiger partial charge in [-0.1, -0.05) is 17.7 Å². The van der Waals surface area contributed by atoms with E-state index in [2.05, 4.69) is 0 Å². The van der Waals surface area contributed by atoms with Gasteiger partial charge in [-0.15, -0.1) is 0 Å². The second kappa shape index (κ2) is 9.91. The molecular formula is C27H23ClN2O6. The minimum Gasteiger partial charge on any atom is -0.494 e. The molecule has 36 heavy (non-hydrogen) atoms. The number of hydrogen-bond donors (Lipinski definition) is 0. The third kappa shape index (κ3) is 4.59. The SMILES string of the molecule is CCOc1ccc(N2C(=O)C[C@@H](N(Cc3ccc4c(c3)OCO4)C(=O)c3ccc(Cl)cc3)C2=O)cc1. The Morgan fingerprint density at radius 1 is 1.03 bits per heavy atom. The first-order valence-electron chi connectivity index (χ1n) is 11.5. The number of fused-ring (bicyclic) bond motifs is 1. The molecule has 0 aliphatic carbocycles. The lowest BCUT2D eigenvalue weighted by Crippen LogP contribution is -2.45. The van der Waals surface area contributed by atoms with Crippen molar-refractivity contribution >= 4 is 35.0 Å². The van der Waals surface area contributed by atoms with Crippen LogP contribution in [0, 0.1) is 0 Å². The van der Waals surface area contributed by atoms with Crippen molar-refractivity contribution in [1.29, 1.82) is 0 Å². The molecule has 3 aromatic rings. The molecule has 5 rings (SSSR count). The van der Waals surface area contributed by atoms with Crippen molar-refractivity contribution in [3.8, 4) is 17.2 Å². The quantitative estimate of drug-likeness (QED) is 0.440. The van der Waals surface area contributed by atoms with Crippen LogP contribution in [0.5, 0.6) is 17.2 Å². The van der Waals surface area contributed by atoms with E-state index in [-0.39, 0.29) is 31.6 Å². The molecule has 2 heterocycles. The zero-order valence-electron chi connectivity index (χ0n) is 19.5. The number of imide groups is 1. The first-order chi connectivity index (χ1) is 17.4. The van der Waals surface area contributed by atoms with Crippen LogP contribution in [-0.4, -0.2) is 42.1 Å². The highest BCUT2D eigenvalue weighted by atomic mass is 35.5. The Balaban J connectivity index is 1.46. The summed E-state index contributed by atoms with van der Waals surface area (Å²) in [7, 11) is 0. The molecule has 1 atom stereocenters. The molecule has 0 spiro atoms. The molecule has 0 unspecified atom stereocenters. The van der Waals surface area contributed by atoms with Gasteiger partial charge in [-0.2, -0.15) is 0 Å². The zero-order chi connectivity index (χ0) is 25.2. The summed E-state index contributed by atoms with van der Waals surface area (Å²) in [6, 6.07) is 17.5. The van der Waals surface area contributed by atoms with Gasteiger partial charge < -0.3 is 19.1 Å². The Morgan fingerprint density at radius 2 is 1.75 bits per heavy atom. The van der Waals surface area contributed by atoms with Crippen molar-refractivity contribution in [2.45, 2.75) is 25.9 Å². The number of rotatable bonds is 7. The zero-order valence-corrected chi connectivity index (χ0v) is 20.2. The Morgan fingerprint density at radius 3 is 2.47 bits per heavy atom. The first-order valence-corrected chi connectivity index (χ1v) is 11.9. The molecule has 1 saturated heterocycles. The molecule has 9 heteroatoms. The summed E-state index contributed by atoms with van der Waals surface area (Å²) in [5.74, 6) is 0.587. The molecule has 2 aliphatic heterocycles. The molecule has 0 radical (unpaired) electrons. The second-order valence-corrected chi connectivity index (χ2v) is 8.78. The van der Waals surface area contributed by atoms with Gasteiger partial charge in [0.05, 0.1) is 18.7 Å². The van der Waals surface area contributed by atoms with Crippen LogP contribution in [0.2, 0.25) is 5.02 Å². The molecule has 0 bridgehead atoms. The van der Waals surface area contributed by atoms with Gasteiger partial charge in [0, 0.05) is 17.1 Å². The summed E-state index contributed by atoms with van der Waals surface area (Å²) in [6.45, 7) is 2.60. The lowest BCUT2D eigenvalue weighted by Gasteiger charge is -2.28. The fourth-order valence-corrected chi connectivity index (χ4v) is 4.43.